The number of halogens is 3. The molecular weight excluding hydrogens is 292 g/mol. The number of hydrogen-bond donors (Lipinski definition) is 0. The Morgan fingerprint density at radius 1 is 1.30 bits per heavy atom. The van der Waals surface area contributed by atoms with Crippen LogP contribution in [0.15, 0.2) is 18.2 Å². The van der Waals surface area contributed by atoms with Gasteiger partial charge in [0.25, 0.3) is 12.3 Å². The van der Waals surface area contributed by atoms with Gasteiger partial charge in [0.1, 0.15) is 17.1 Å². The maximum Gasteiger partial charge on any atom is 0.261 e. The highest BCUT2D eigenvalue weighted by Gasteiger charge is 2.25. The number of ether oxygens (including phenoxy) is 2. The molecule has 0 saturated carbocycles. The number of alkyl halides is 3. The van der Waals surface area contributed by atoms with Crippen molar-refractivity contribution in [3.8, 4) is 11.5 Å². The van der Waals surface area contributed by atoms with Crippen LogP contribution in [0.1, 0.15) is 10.4 Å². The molecule has 112 valence electrons. The van der Waals surface area contributed by atoms with E-state index in [0.717, 1.165) is 4.90 Å². The average Bonchev–Trinajstić information content (AvgIpc) is 2.44. The summed E-state index contributed by atoms with van der Waals surface area (Å²) in [5.41, 5.74) is 0.114. The van der Waals surface area contributed by atoms with Crippen LogP contribution in [0.4, 0.5) is 8.78 Å². The Morgan fingerprint density at radius 3 is 2.25 bits per heavy atom. The zero-order valence-electron chi connectivity index (χ0n) is 11.2. The van der Waals surface area contributed by atoms with Gasteiger partial charge < -0.3 is 14.4 Å². The summed E-state index contributed by atoms with van der Waals surface area (Å²) in [6.45, 7) is -0.668. The van der Waals surface area contributed by atoms with Gasteiger partial charge in [-0.3, -0.25) is 4.79 Å². The molecule has 1 aromatic carbocycles. The smallest absolute Gasteiger partial charge is 0.261 e. The third-order valence-electron chi connectivity index (χ3n) is 2.64. The quantitative estimate of drug-likeness (QED) is 0.727. The van der Waals surface area contributed by atoms with Gasteiger partial charge in [-0.05, 0) is 12.1 Å². The third-order valence-corrected chi connectivity index (χ3v) is 2.81. The predicted molar refractivity (Wildman–Crippen MR) is 72.2 cm³/mol. The summed E-state index contributed by atoms with van der Waals surface area (Å²) in [6.07, 6.45) is -2.64. The first-order chi connectivity index (χ1) is 9.54. The van der Waals surface area contributed by atoms with Crippen LogP contribution in [-0.2, 0) is 0 Å². The monoisotopic (exact) mass is 307 g/mol. The van der Waals surface area contributed by atoms with Crippen LogP contribution >= 0.6 is 11.6 Å². The number of hydrogen-bond acceptors (Lipinski definition) is 3. The lowest BCUT2D eigenvalue weighted by molar-refractivity contribution is 0.0565. The second-order valence-corrected chi connectivity index (χ2v) is 4.25. The van der Waals surface area contributed by atoms with E-state index in [9.17, 15) is 13.6 Å². The van der Waals surface area contributed by atoms with Crippen molar-refractivity contribution in [1.82, 2.24) is 4.90 Å². The number of benzene rings is 1. The first-order valence-electron chi connectivity index (χ1n) is 5.89. The van der Waals surface area contributed by atoms with Crippen molar-refractivity contribution in [2.24, 2.45) is 0 Å². The molecule has 20 heavy (non-hydrogen) atoms. The highest BCUT2D eigenvalue weighted by atomic mass is 35.5. The minimum atomic E-state index is -2.64. The average molecular weight is 308 g/mol. The van der Waals surface area contributed by atoms with E-state index < -0.39 is 18.9 Å². The van der Waals surface area contributed by atoms with Gasteiger partial charge in [0, 0.05) is 12.4 Å². The fourth-order valence-electron chi connectivity index (χ4n) is 1.76. The Kier molecular flexibility index (Phi) is 6.51. The van der Waals surface area contributed by atoms with E-state index in [1.165, 1.54) is 14.2 Å². The van der Waals surface area contributed by atoms with E-state index in [-0.39, 0.29) is 29.5 Å². The van der Waals surface area contributed by atoms with Gasteiger partial charge in [-0.1, -0.05) is 6.07 Å². The van der Waals surface area contributed by atoms with Gasteiger partial charge in [-0.25, -0.2) is 8.78 Å². The molecule has 0 atom stereocenters. The molecule has 0 radical (unpaired) electrons. The summed E-state index contributed by atoms with van der Waals surface area (Å²) in [4.78, 5) is 13.4. The summed E-state index contributed by atoms with van der Waals surface area (Å²) in [5, 5.41) is 0. The second-order valence-electron chi connectivity index (χ2n) is 3.87. The van der Waals surface area contributed by atoms with Gasteiger partial charge in [-0.2, -0.15) is 0 Å². The first-order valence-corrected chi connectivity index (χ1v) is 6.43. The number of nitrogens with zero attached hydrogens (tertiary/aromatic N) is 1. The van der Waals surface area contributed by atoms with Crippen molar-refractivity contribution < 1.29 is 23.0 Å². The van der Waals surface area contributed by atoms with Gasteiger partial charge in [-0.15, -0.1) is 11.6 Å². The topological polar surface area (TPSA) is 38.8 Å². The Hall–Kier alpha value is -1.56. The molecule has 0 saturated heterocycles. The fraction of sp³-hybridized carbons (Fsp3) is 0.462. The molecule has 0 aliphatic heterocycles. The van der Waals surface area contributed by atoms with E-state index >= 15 is 0 Å². The SMILES string of the molecule is COc1cccc(OC)c1C(=O)N(CCCl)CC(F)F. The lowest BCUT2D eigenvalue weighted by Crippen LogP contribution is -2.37. The van der Waals surface area contributed by atoms with Crippen molar-refractivity contribution in [3.05, 3.63) is 23.8 Å². The zero-order valence-corrected chi connectivity index (χ0v) is 12.0. The van der Waals surface area contributed by atoms with E-state index in [4.69, 9.17) is 21.1 Å². The summed E-state index contributed by atoms with van der Waals surface area (Å²) >= 11 is 5.56. The zero-order chi connectivity index (χ0) is 15.1. The fourth-order valence-corrected chi connectivity index (χ4v) is 1.97. The Balaban J connectivity index is 3.15. The molecule has 0 aliphatic rings. The molecule has 0 N–H and O–H groups in total. The molecule has 1 aromatic rings. The van der Waals surface area contributed by atoms with Gasteiger partial charge in [0.15, 0.2) is 0 Å². The summed E-state index contributed by atoms with van der Waals surface area (Å²) in [5.74, 6) is 0.00209. The van der Waals surface area contributed by atoms with Crippen LogP contribution in [0.5, 0.6) is 11.5 Å². The second kappa shape index (κ2) is 7.89. The first kappa shape index (κ1) is 16.5. The lowest BCUT2D eigenvalue weighted by atomic mass is 10.1. The molecule has 7 heteroatoms. The molecule has 0 heterocycles. The van der Waals surface area contributed by atoms with E-state index in [0.29, 0.717) is 0 Å². The Bertz CT molecular complexity index is 435. The molecule has 1 rings (SSSR count). The van der Waals surface area contributed by atoms with Crippen LogP contribution in [-0.4, -0.2) is 50.4 Å². The number of rotatable bonds is 7. The van der Waals surface area contributed by atoms with Crippen molar-refractivity contribution >= 4 is 17.5 Å². The van der Waals surface area contributed by atoms with Gasteiger partial charge in [0.2, 0.25) is 0 Å². The molecule has 0 spiro atoms. The normalized spacial score (nSPS) is 10.5. The maximum absolute atomic E-state index is 12.5. The summed E-state index contributed by atoms with van der Waals surface area (Å²) < 4.78 is 35.3. The Labute approximate surface area is 121 Å². The minimum Gasteiger partial charge on any atom is -0.496 e. The summed E-state index contributed by atoms with van der Waals surface area (Å²) in [6, 6.07) is 4.78. The van der Waals surface area contributed by atoms with Crippen molar-refractivity contribution in [2.45, 2.75) is 6.43 Å². The Morgan fingerprint density at radius 2 is 1.85 bits per heavy atom. The van der Waals surface area contributed by atoms with Gasteiger partial charge in [0.05, 0.1) is 20.8 Å². The number of methoxy groups -OCH3 is 2. The highest BCUT2D eigenvalue weighted by Crippen LogP contribution is 2.29. The van der Waals surface area contributed by atoms with E-state index in [1.54, 1.807) is 18.2 Å². The molecule has 0 aromatic heterocycles. The van der Waals surface area contributed by atoms with Gasteiger partial charge >= 0.3 is 0 Å². The lowest BCUT2D eigenvalue weighted by Gasteiger charge is -2.23. The number of carbonyl (C=O) groups is 1. The van der Waals surface area contributed by atoms with E-state index in [2.05, 4.69) is 0 Å². The van der Waals surface area contributed by atoms with Crippen LogP contribution < -0.4 is 9.47 Å². The molecule has 0 bridgehead atoms. The van der Waals surface area contributed by atoms with Crippen molar-refractivity contribution in [3.63, 3.8) is 0 Å². The molecule has 0 fully saturated rings. The number of carbonyl (C=O) groups excluding carboxylic acids is 1. The predicted octanol–water partition coefficient (Wildman–Crippen LogP) is 2.65. The number of amides is 1. The molecule has 0 unspecified atom stereocenters. The van der Waals surface area contributed by atoms with Crippen molar-refractivity contribution in [2.75, 3.05) is 33.2 Å². The van der Waals surface area contributed by atoms with Crippen LogP contribution in [0.2, 0.25) is 0 Å². The van der Waals surface area contributed by atoms with Crippen LogP contribution in [0.25, 0.3) is 0 Å². The molecule has 4 nitrogen and oxygen atoms in total. The highest BCUT2D eigenvalue weighted by molar-refractivity contribution is 6.18. The largest absolute Gasteiger partial charge is 0.496 e. The maximum atomic E-state index is 12.5. The van der Waals surface area contributed by atoms with E-state index in [1.807, 2.05) is 0 Å². The minimum absolute atomic E-state index is 0.0198. The molecule has 1 amide bonds. The van der Waals surface area contributed by atoms with Crippen LogP contribution in [0.3, 0.4) is 0 Å². The summed E-state index contributed by atoms with van der Waals surface area (Å²) in [7, 11) is 2.79. The molecular formula is C13H16ClF2NO3. The standard InChI is InChI=1S/C13H16ClF2NO3/c1-19-9-4-3-5-10(20-2)12(9)13(18)17(7-6-14)8-11(15)16/h3-5,11H,6-8H2,1-2H3. The molecule has 0 aliphatic carbocycles. The third kappa shape index (κ3) is 3.96. The van der Waals surface area contributed by atoms with Crippen molar-refractivity contribution in [1.29, 1.82) is 0 Å². The van der Waals surface area contributed by atoms with Crippen LogP contribution in [0, 0.1) is 0 Å².